The minimum atomic E-state index is -0.947. The van der Waals surface area contributed by atoms with E-state index in [0.29, 0.717) is 11.0 Å². The lowest BCUT2D eigenvalue weighted by Crippen LogP contribution is -1.93. The average Bonchev–Trinajstić information content (AvgIpc) is 2.59. The van der Waals surface area contributed by atoms with Crippen molar-refractivity contribution in [3.8, 4) is 0 Å². The molecule has 0 aliphatic carbocycles. The number of fused-ring (bicyclic) bond motifs is 1. The zero-order valence-electron chi connectivity index (χ0n) is 7.78. The Labute approximate surface area is 81.0 Å². The molecule has 0 unspecified atom stereocenters. The normalized spacial score (nSPS) is 10.6. The van der Waals surface area contributed by atoms with Gasteiger partial charge in [0.15, 0.2) is 0 Å². The van der Waals surface area contributed by atoms with Gasteiger partial charge in [0, 0.05) is 5.39 Å². The summed E-state index contributed by atoms with van der Waals surface area (Å²) in [5.41, 5.74) is 1.97. The highest BCUT2D eigenvalue weighted by molar-refractivity contribution is 6.02. The molecular weight excluding hydrogens is 180 g/mol. The first-order chi connectivity index (χ1) is 6.72. The number of rotatable bonds is 2. The van der Waals surface area contributed by atoms with Crippen LogP contribution >= 0.6 is 0 Å². The highest BCUT2D eigenvalue weighted by Crippen LogP contribution is 2.22. The van der Waals surface area contributed by atoms with Crippen molar-refractivity contribution in [1.29, 1.82) is 0 Å². The van der Waals surface area contributed by atoms with Gasteiger partial charge in [0.1, 0.15) is 17.4 Å². The summed E-state index contributed by atoms with van der Waals surface area (Å²) in [4.78, 5) is 10.8. The highest BCUT2D eigenvalue weighted by Gasteiger charge is 2.11. The molecule has 1 aromatic heterocycles. The summed E-state index contributed by atoms with van der Waals surface area (Å²) in [6.45, 7) is 2.03. The number of aryl methyl sites for hydroxylation is 1. The fourth-order valence-corrected chi connectivity index (χ4v) is 1.46. The fourth-order valence-electron chi connectivity index (χ4n) is 1.46. The van der Waals surface area contributed by atoms with Crippen LogP contribution in [0.1, 0.15) is 22.8 Å². The second-order valence-corrected chi connectivity index (χ2v) is 3.14. The topological polar surface area (TPSA) is 50.4 Å². The zero-order valence-corrected chi connectivity index (χ0v) is 7.78. The molecule has 0 saturated heterocycles. The number of hydrogen-bond acceptors (Lipinski definition) is 2. The molecule has 2 rings (SSSR count). The molecule has 14 heavy (non-hydrogen) atoms. The fraction of sp³-hybridized carbons (Fsp3) is 0.182. The molecule has 0 bridgehead atoms. The van der Waals surface area contributed by atoms with Gasteiger partial charge in [-0.25, -0.2) is 4.79 Å². The first-order valence-electron chi connectivity index (χ1n) is 4.45. The smallest absolute Gasteiger partial charge is 0.339 e. The maximum atomic E-state index is 10.8. The van der Waals surface area contributed by atoms with E-state index in [9.17, 15) is 4.79 Å². The summed E-state index contributed by atoms with van der Waals surface area (Å²) in [5.74, 6) is -0.947. The van der Waals surface area contributed by atoms with Crippen LogP contribution in [0.3, 0.4) is 0 Å². The van der Waals surface area contributed by atoms with Crippen LogP contribution in [0, 0.1) is 0 Å². The van der Waals surface area contributed by atoms with E-state index < -0.39 is 5.97 Å². The van der Waals surface area contributed by atoms with Crippen LogP contribution in [0.4, 0.5) is 0 Å². The predicted octanol–water partition coefficient (Wildman–Crippen LogP) is 2.69. The lowest BCUT2D eigenvalue weighted by Gasteiger charge is -1.95. The molecule has 0 atom stereocenters. The van der Waals surface area contributed by atoms with Crippen LogP contribution in [-0.4, -0.2) is 11.1 Å². The molecule has 0 amide bonds. The quantitative estimate of drug-likeness (QED) is 0.792. The Bertz CT molecular complexity index is 482. The van der Waals surface area contributed by atoms with Crippen LogP contribution in [0.2, 0.25) is 0 Å². The van der Waals surface area contributed by atoms with Gasteiger partial charge in [-0.15, -0.1) is 0 Å². The van der Waals surface area contributed by atoms with E-state index in [1.807, 2.05) is 19.1 Å². The van der Waals surface area contributed by atoms with Crippen molar-refractivity contribution < 1.29 is 14.3 Å². The minimum Gasteiger partial charge on any atom is -0.478 e. The van der Waals surface area contributed by atoms with E-state index in [0.717, 1.165) is 12.0 Å². The number of benzene rings is 1. The molecule has 0 radical (unpaired) electrons. The molecule has 3 nitrogen and oxygen atoms in total. The van der Waals surface area contributed by atoms with E-state index in [1.165, 1.54) is 6.26 Å². The van der Waals surface area contributed by atoms with Crippen molar-refractivity contribution in [1.82, 2.24) is 0 Å². The Kier molecular flexibility index (Phi) is 2.00. The molecule has 0 aliphatic heterocycles. The summed E-state index contributed by atoms with van der Waals surface area (Å²) >= 11 is 0. The molecule has 1 aromatic carbocycles. The molecule has 0 saturated carbocycles. The highest BCUT2D eigenvalue weighted by atomic mass is 16.4. The van der Waals surface area contributed by atoms with Gasteiger partial charge in [-0.3, -0.25) is 0 Å². The zero-order chi connectivity index (χ0) is 10.1. The van der Waals surface area contributed by atoms with E-state index in [-0.39, 0.29) is 5.56 Å². The lowest BCUT2D eigenvalue weighted by atomic mass is 10.1. The van der Waals surface area contributed by atoms with Crippen LogP contribution < -0.4 is 0 Å². The van der Waals surface area contributed by atoms with Crippen molar-refractivity contribution >= 4 is 16.9 Å². The second kappa shape index (κ2) is 3.18. The molecular formula is C11H10O3. The Balaban J connectivity index is 2.69. The number of hydrogen-bond donors (Lipinski definition) is 1. The van der Waals surface area contributed by atoms with Crippen molar-refractivity contribution in [2.45, 2.75) is 13.3 Å². The van der Waals surface area contributed by atoms with E-state index in [4.69, 9.17) is 9.52 Å². The van der Waals surface area contributed by atoms with Gasteiger partial charge in [0.2, 0.25) is 0 Å². The van der Waals surface area contributed by atoms with Gasteiger partial charge in [-0.2, -0.15) is 0 Å². The standard InChI is InChI=1S/C11H10O3/c1-2-7-3-4-10-8(5-7)9(6-14-10)11(12)13/h3-6H,2H2,1H3,(H,12,13). The number of furan rings is 1. The summed E-state index contributed by atoms with van der Waals surface area (Å²) in [7, 11) is 0. The molecule has 0 aliphatic rings. The van der Waals surface area contributed by atoms with Gasteiger partial charge in [0.25, 0.3) is 0 Å². The first kappa shape index (κ1) is 8.81. The Hall–Kier alpha value is -1.77. The number of carboxylic acids is 1. The maximum absolute atomic E-state index is 10.8. The molecule has 0 spiro atoms. The van der Waals surface area contributed by atoms with Crippen molar-refractivity contribution in [3.05, 3.63) is 35.6 Å². The largest absolute Gasteiger partial charge is 0.478 e. The van der Waals surface area contributed by atoms with Gasteiger partial charge in [0.05, 0.1) is 0 Å². The summed E-state index contributed by atoms with van der Waals surface area (Å²) in [5, 5.41) is 9.55. The van der Waals surface area contributed by atoms with Crippen LogP contribution in [0.5, 0.6) is 0 Å². The van der Waals surface area contributed by atoms with Crippen LogP contribution in [-0.2, 0) is 6.42 Å². The molecule has 3 heteroatoms. The van der Waals surface area contributed by atoms with Crippen molar-refractivity contribution in [2.24, 2.45) is 0 Å². The maximum Gasteiger partial charge on any atom is 0.339 e. The Morgan fingerprint density at radius 2 is 2.29 bits per heavy atom. The van der Waals surface area contributed by atoms with Gasteiger partial charge < -0.3 is 9.52 Å². The van der Waals surface area contributed by atoms with Gasteiger partial charge in [-0.1, -0.05) is 13.0 Å². The number of carboxylic acid groups (broad SMARTS) is 1. The van der Waals surface area contributed by atoms with Crippen molar-refractivity contribution in [2.75, 3.05) is 0 Å². The average molecular weight is 190 g/mol. The van der Waals surface area contributed by atoms with Gasteiger partial charge in [-0.05, 0) is 24.1 Å². The monoisotopic (exact) mass is 190 g/mol. The third-order valence-corrected chi connectivity index (χ3v) is 2.28. The molecule has 1 N–H and O–H groups in total. The molecule has 1 heterocycles. The van der Waals surface area contributed by atoms with Crippen molar-refractivity contribution in [3.63, 3.8) is 0 Å². The SMILES string of the molecule is CCc1ccc2occ(C(=O)O)c2c1. The third kappa shape index (κ3) is 1.27. The lowest BCUT2D eigenvalue weighted by molar-refractivity contribution is 0.0698. The summed E-state index contributed by atoms with van der Waals surface area (Å²) in [6, 6.07) is 5.61. The molecule has 2 aromatic rings. The first-order valence-corrected chi connectivity index (χ1v) is 4.45. The summed E-state index contributed by atoms with van der Waals surface area (Å²) in [6.07, 6.45) is 2.17. The Morgan fingerprint density at radius 3 is 2.93 bits per heavy atom. The van der Waals surface area contributed by atoms with Crippen LogP contribution in [0.25, 0.3) is 11.0 Å². The molecule has 0 fully saturated rings. The summed E-state index contributed by atoms with van der Waals surface area (Å²) < 4.78 is 5.13. The third-order valence-electron chi connectivity index (χ3n) is 2.28. The van der Waals surface area contributed by atoms with E-state index in [1.54, 1.807) is 6.07 Å². The van der Waals surface area contributed by atoms with E-state index >= 15 is 0 Å². The van der Waals surface area contributed by atoms with E-state index in [2.05, 4.69) is 0 Å². The second-order valence-electron chi connectivity index (χ2n) is 3.14. The minimum absolute atomic E-state index is 0.232. The number of carbonyl (C=O) groups is 1. The molecule has 72 valence electrons. The number of aromatic carboxylic acids is 1. The van der Waals surface area contributed by atoms with Crippen LogP contribution in [0.15, 0.2) is 28.9 Å². The predicted molar refractivity (Wildman–Crippen MR) is 52.6 cm³/mol. The van der Waals surface area contributed by atoms with Gasteiger partial charge >= 0.3 is 5.97 Å². The Morgan fingerprint density at radius 1 is 1.50 bits per heavy atom.